The number of hydrogen-bond donors (Lipinski definition) is 1. The molecule has 1 aliphatic rings. The molecule has 0 aliphatic heterocycles. The van der Waals surface area contributed by atoms with E-state index < -0.39 is 23.7 Å². The Balaban J connectivity index is 2.53. The Hall–Kier alpha value is -1.26. The van der Waals surface area contributed by atoms with Gasteiger partial charge in [0.15, 0.2) is 0 Å². The quantitative estimate of drug-likeness (QED) is 0.807. The Morgan fingerprint density at radius 2 is 1.85 bits per heavy atom. The van der Waals surface area contributed by atoms with Crippen LogP contribution in [0.1, 0.15) is 53.9 Å². The molecule has 1 fully saturated rings. The van der Waals surface area contributed by atoms with Crippen LogP contribution in [-0.2, 0) is 14.3 Å². The number of esters is 1. The first-order valence-corrected chi connectivity index (χ1v) is 7.10. The molecule has 0 radical (unpaired) electrons. The van der Waals surface area contributed by atoms with Gasteiger partial charge in [-0.15, -0.1) is 0 Å². The summed E-state index contributed by atoms with van der Waals surface area (Å²) < 4.78 is 9.93. The lowest BCUT2D eigenvalue weighted by Crippen LogP contribution is -2.47. The van der Waals surface area contributed by atoms with Crippen molar-refractivity contribution in [1.29, 1.82) is 0 Å². The molecule has 0 aromatic rings. The molecule has 0 bridgehead atoms. The number of alkyl carbamates (subject to hydrolysis) is 1. The maximum atomic E-state index is 11.8. The Morgan fingerprint density at radius 3 is 2.25 bits per heavy atom. The molecule has 1 unspecified atom stereocenters. The fraction of sp³-hybridized carbons (Fsp3) is 0.867. The van der Waals surface area contributed by atoms with E-state index in [-0.39, 0.29) is 0 Å². The first-order valence-electron chi connectivity index (χ1n) is 7.10. The third-order valence-electron chi connectivity index (χ3n) is 3.43. The topological polar surface area (TPSA) is 64.6 Å². The van der Waals surface area contributed by atoms with Crippen LogP contribution in [0.15, 0.2) is 0 Å². The molecule has 1 amide bonds. The van der Waals surface area contributed by atoms with Gasteiger partial charge < -0.3 is 14.8 Å². The minimum absolute atomic E-state index is 0.344. The van der Waals surface area contributed by atoms with Crippen LogP contribution in [0, 0.1) is 11.3 Å². The lowest BCUT2D eigenvalue weighted by atomic mass is 9.63. The number of amides is 1. The van der Waals surface area contributed by atoms with Crippen LogP contribution in [-0.4, -0.2) is 30.8 Å². The molecule has 1 aliphatic carbocycles. The van der Waals surface area contributed by atoms with Gasteiger partial charge in [-0.05, 0) is 51.4 Å². The van der Waals surface area contributed by atoms with Crippen LogP contribution in [0.2, 0.25) is 0 Å². The van der Waals surface area contributed by atoms with Gasteiger partial charge in [0.2, 0.25) is 0 Å². The second kappa shape index (κ2) is 6.02. The van der Waals surface area contributed by atoms with Crippen molar-refractivity contribution in [3.63, 3.8) is 0 Å². The monoisotopic (exact) mass is 285 g/mol. The standard InChI is InChI=1S/C15H27NO4/c1-14(2,3)20-13(18)16-11(12(17)19-6)7-10-8-15(4,5)9-10/h10-11H,7-9H2,1-6H3,(H,16,18). The maximum absolute atomic E-state index is 11.8. The zero-order chi connectivity index (χ0) is 15.6. The Kier molecular flexibility index (Phi) is 5.05. The van der Waals surface area contributed by atoms with Gasteiger partial charge >= 0.3 is 12.1 Å². The summed E-state index contributed by atoms with van der Waals surface area (Å²) in [7, 11) is 1.33. The third kappa shape index (κ3) is 5.39. The Bertz CT molecular complexity index is 363. The summed E-state index contributed by atoms with van der Waals surface area (Å²) in [6.07, 6.45) is 2.16. The minimum atomic E-state index is -0.629. The lowest BCUT2D eigenvalue weighted by molar-refractivity contribution is -0.144. The molecule has 1 N–H and O–H groups in total. The smallest absolute Gasteiger partial charge is 0.408 e. The molecule has 20 heavy (non-hydrogen) atoms. The molecule has 0 aromatic heterocycles. The van der Waals surface area contributed by atoms with Crippen molar-refractivity contribution in [1.82, 2.24) is 5.32 Å². The van der Waals surface area contributed by atoms with Crippen molar-refractivity contribution in [2.24, 2.45) is 11.3 Å². The summed E-state index contributed by atoms with van der Waals surface area (Å²) in [6.45, 7) is 9.77. The number of nitrogens with one attached hydrogen (secondary N) is 1. The van der Waals surface area contributed by atoms with Crippen LogP contribution in [0.25, 0.3) is 0 Å². The minimum Gasteiger partial charge on any atom is -0.467 e. The fourth-order valence-corrected chi connectivity index (χ4v) is 2.81. The molecule has 1 atom stereocenters. The summed E-state index contributed by atoms with van der Waals surface area (Å²) in [5, 5.41) is 2.62. The van der Waals surface area contributed by atoms with Gasteiger partial charge in [0.1, 0.15) is 11.6 Å². The van der Waals surface area contributed by atoms with E-state index in [2.05, 4.69) is 19.2 Å². The van der Waals surface area contributed by atoms with Gasteiger partial charge in [-0.25, -0.2) is 9.59 Å². The molecule has 1 saturated carbocycles. The highest BCUT2D eigenvalue weighted by Crippen LogP contribution is 2.46. The molecule has 1 rings (SSSR count). The second-order valence-corrected chi connectivity index (χ2v) is 7.40. The van der Waals surface area contributed by atoms with Crippen LogP contribution < -0.4 is 5.32 Å². The van der Waals surface area contributed by atoms with Gasteiger partial charge in [-0.3, -0.25) is 0 Å². The highest BCUT2D eigenvalue weighted by atomic mass is 16.6. The van der Waals surface area contributed by atoms with Crippen molar-refractivity contribution >= 4 is 12.1 Å². The third-order valence-corrected chi connectivity index (χ3v) is 3.43. The van der Waals surface area contributed by atoms with E-state index in [0.717, 1.165) is 12.8 Å². The SMILES string of the molecule is COC(=O)C(CC1CC(C)(C)C1)NC(=O)OC(C)(C)C. The summed E-state index contributed by atoms with van der Waals surface area (Å²) in [6, 6.07) is -0.629. The van der Waals surface area contributed by atoms with Crippen LogP contribution in [0.5, 0.6) is 0 Å². The van der Waals surface area contributed by atoms with Gasteiger partial charge in [-0.1, -0.05) is 13.8 Å². The van der Waals surface area contributed by atoms with E-state index in [1.165, 1.54) is 7.11 Å². The van der Waals surface area contributed by atoms with E-state index in [4.69, 9.17) is 9.47 Å². The van der Waals surface area contributed by atoms with Crippen LogP contribution in [0.4, 0.5) is 4.79 Å². The zero-order valence-corrected chi connectivity index (χ0v) is 13.4. The van der Waals surface area contributed by atoms with E-state index in [0.29, 0.717) is 17.8 Å². The Morgan fingerprint density at radius 1 is 1.30 bits per heavy atom. The van der Waals surface area contributed by atoms with Gasteiger partial charge in [0, 0.05) is 0 Å². The zero-order valence-electron chi connectivity index (χ0n) is 13.4. The number of hydrogen-bond acceptors (Lipinski definition) is 4. The van der Waals surface area contributed by atoms with Crippen molar-refractivity contribution in [2.75, 3.05) is 7.11 Å². The van der Waals surface area contributed by atoms with Crippen molar-refractivity contribution in [2.45, 2.75) is 65.5 Å². The molecular weight excluding hydrogens is 258 g/mol. The molecule has 5 nitrogen and oxygen atoms in total. The number of carbonyl (C=O) groups is 2. The average Bonchev–Trinajstić information content (AvgIpc) is 2.21. The van der Waals surface area contributed by atoms with Gasteiger partial charge in [0.25, 0.3) is 0 Å². The molecular formula is C15H27NO4. The first-order chi connectivity index (χ1) is 9.02. The van der Waals surface area contributed by atoms with Crippen LogP contribution >= 0.6 is 0 Å². The van der Waals surface area contributed by atoms with E-state index in [1.54, 1.807) is 20.8 Å². The van der Waals surface area contributed by atoms with Crippen molar-refractivity contribution in [3.8, 4) is 0 Å². The molecule has 5 heteroatoms. The second-order valence-electron chi connectivity index (χ2n) is 7.40. The molecule has 116 valence electrons. The highest BCUT2D eigenvalue weighted by Gasteiger charge is 2.39. The van der Waals surface area contributed by atoms with Crippen molar-refractivity contribution in [3.05, 3.63) is 0 Å². The number of methoxy groups -OCH3 is 1. The normalized spacial score (nSPS) is 19.7. The van der Waals surface area contributed by atoms with Gasteiger partial charge in [-0.2, -0.15) is 0 Å². The summed E-state index contributed by atoms with van der Waals surface area (Å²) in [4.78, 5) is 23.5. The highest BCUT2D eigenvalue weighted by molar-refractivity contribution is 5.81. The molecule has 0 aromatic carbocycles. The summed E-state index contributed by atoms with van der Waals surface area (Å²) >= 11 is 0. The van der Waals surface area contributed by atoms with E-state index >= 15 is 0 Å². The maximum Gasteiger partial charge on any atom is 0.408 e. The first kappa shape index (κ1) is 16.8. The molecule has 0 saturated heterocycles. The largest absolute Gasteiger partial charge is 0.467 e. The van der Waals surface area contributed by atoms with Gasteiger partial charge in [0.05, 0.1) is 7.11 Å². The fourth-order valence-electron chi connectivity index (χ4n) is 2.81. The lowest BCUT2D eigenvalue weighted by Gasteiger charge is -2.43. The molecule has 0 heterocycles. The predicted octanol–water partition coefficient (Wildman–Crippen LogP) is 2.88. The number of carbonyl (C=O) groups excluding carboxylic acids is 2. The average molecular weight is 285 g/mol. The number of ether oxygens (including phenoxy) is 2. The Labute approximate surface area is 121 Å². The number of rotatable bonds is 4. The predicted molar refractivity (Wildman–Crippen MR) is 76.3 cm³/mol. The summed E-state index contributed by atoms with van der Waals surface area (Å²) in [5.41, 5.74) is -0.236. The van der Waals surface area contributed by atoms with Crippen LogP contribution in [0.3, 0.4) is 0 Å². The summed E-state index contributed by atoms with van der Waals surface area (Å²) in [5.74, 6) is 0.0320. The van der Waals surface area contributed by atoms with E-state index in [9.17, 15) is 9.59 Å². The van der Waals surface area contributed by atoms with Crippen molar-refractivity contribution < 1.29 is 19.1 Å². The van der Waals surface area contributed by atoms with E-state index in [1.807, 2.05) is 0 Å². The molecule has 0 spiro atoms.